The second-order valence-corrected chi connectivity index (χ2v) is 9.08. The topological polar surface area (TPSA) is 143 Å². The summed E-state index contributed by atoms with van der Waals surface area (Å²) in [5.41, 5.74) is 0.486. The molecule has 2 unspecified atom stereocenters. The number of hydrogen-bond acceptors (Lipinski definition) is 7. The summed E-state index contributed by atoms with van der Waals surface area (Å²) >= 11 is 0. The molecule has 3 aliphatic heterocycles. The van der Waals surface area contributed by atoms with E-state index in [1.165, 1.54) is 0 Å². The maximum absolute atomic E-state index is 13.1. The number of carbonyl (C=O) groups excluding carboxylic acids is 4. The Balaban J connectivity index is 1.70. The minimum atomic E-state index is -1.00. The monoisotopic (exact) mass is 451 g/mol. The number of carbonyl (C=O) groups is 4. The molecule has 10 nitrogen and oxygen atoms in total. The van der Waals surface area contributed by atoms with Crippen molar-refractivity contribution in [3.63, 3.8) is 0 Å². The van der Waals surface area contributed by atoms with Crippen molar-refractivity contribution < 1.29 is 33.8 Å². The highest BCUT2D eigenvalue weighted by atomic mass is 16.7. The summed E-state index contributed by atoms with van der Waals surface area (Å²) in [7, 11) is 0. The standard InChI is InChI=1S/C22H33N3O7/c1-11(2)8-16(25-21(30)18-12(3)32-22-14(18)5-7-31-22)20(29)24-15(17(27)10-26)9-13-4-6-23-19(13)28/h11,13-16,22,26H,4-10H2,1-3H3,(H,23,28)(H,24,29)(H,25,30)/t13-,14?,15-,16-,22?/m0/s1. The zero-order valence-electron chi connectivity index (χ0n) is 18.8. The number of aliphatic hydroxyl groups is 1. The lowest BCUT2D eigenvalue weighted by atomic mass is 9.94. The molecule has 0 aromatic rings. The van der Waals surface area contributed by atoms with Crippen molar-refractivity contribution in [2.45, 2.75) is 64.8 Å². The van der Waals surface area contributed by atoms with Gasteiger partial charge >= 0.3 is 0 Å². The van der Waals surface area contributed by atoms with Crippen LogP contribution in [-0.4, -0.2) is 66.7 Å². The van der Waals surface area contributed by atoms with Crippen LogP contribution in [0.1, 0.15) is 46.5 Å². The fourth-order valence-corrected chi connectivity index (χ4v) is 4.53. The van der Waals surface area contributed by atoms with Gasteiger partial charge in [-0.25, -0.2) is 0 Å². The van der Waals surface area contributed by atoms with E-state index >= 15 is 0 Å². The molecule has 2 saturated heterocycles. The van der Waals surface area contributed by atoms with Gasteiger partial charge in [0.25, 0.3) is 5.91 Å². The van der Waals surface area contributed by atoms with Crippen LogP contribution >= 0.6 is 0 Å². The van der Waals surface area contributed by atoms with Gasteiger partial charge in [0.05, 0.1) is 24.1 Å². The molecule has 10 heteroatoms. The molecule has 0 radical (unpaired) electrons. The first-order valence-corrected chi connectivity index (χ1v) is 11.2. The van der Waals surface area contributed by atoms with Crippen molar-refractivity contribution in [1.82, 2.24) is 16.0 Å². The lowest BCUT2D eigenvalue weighted by Crippen LogP contribution is -2.53. The second-order valence-electron chi connectivity index (χ2n) is 9.08. The highest BCUT2D eigenvalue weighted by Gasteiger charge is 2.43. The molecular weight excluding hydrogens is 418 g/mol. The Labute approximate surface area is 187 Å². The van der Waals surface area contributed by atoms with Crippen molar-refractivity contribution in [3.05, 3.63) is 11.3 Å². The predicted octanol–water partition coefficient (Wildman–Crippen LogP) is -0.243. The Morgan fingerprint density at radius 1 is 1.19 bits per heavy atom. The molecule has 178 valence electrons. The molecule has 2 fully saturated rings. The normalized spacial score (nSPS) is 26.4. The van der Waals surface area contributed by atoms with Gasteiger partial charge in [-0.1, -0.05) is 13.8 Å². The summed E-state index contributed by atoms with van der Waals surface area (Å²) < 4.78 is 11.1. The molecule has 0 aliphatic carbocycles. The Kier molecular flexibility index (Phi) is 7.89. The second kappa shape index (κ2) is 10.4. The molecule has 3 amide bonds. The van der Waals surface area contributed by atoms with Crippen LogP contribution in [0.3, 0.4) is 0 Å². The fourth-order valence-electron chi connectivity index (χ4n) is 4.53. The molecule has 3 aliphatic rings. The quantitative estimate of drug-likeness (QED) is 0.359. The molecule has 3 heterocycles. The molecule has 32 heavy (non-hydrogen) atoms. The first kappa shape index (κ1) is 24.2. The molecule has 4 N–H and O–H groups in total. The van der Waals surface area contributed by atoms with Crippen LogP contribution in [0.25, 0.3) is 0 Å². The highest BCUT2D eigenvalue weighted by Crippen LogP contribution is 2.38. The maximum atomic E-state index is 13.1. The smallest absolute Gasteiger partial charge is 0.251 e. The van der Waals surface area contributed by atoms with E-state index in [1.54, 1.807) is 6.92 Å². The predicted molar refractivity (Wildman–Crippen MR) is 113 cm³/mol. The van der Waals surface area contributed by atoms with Crippen LogP contribution in [-0.2, 0) is 28.7 Å². The van der Waals surface area contributed by atoms with Crippen molar-refractivity contribution >= 4 is 23.5 Å². The van der Waals surface area contributed by atoms with E-state index in [2.05, 4.69) is 16.0 Å². The number of Topliss-reactive ketones (excluding diaryl/α,β-unsaturated/α-hetero) is 1. The minimum Gasteiger partial charge on any atom is -0.468 e. The number of hydrogen-bond donors (Lipinski definition) is 4. The number of allylic oxidation sites excluding steroid dienone is 1. The number of amides is 3. The molecule has 0 spiro atoms. The molecule has 0 aromatic carbocycles. The first-order chi connectivity index (χ1) is 15.2. The van der Waals surface area contributed by atoms with Gasteiger partial charge in [0.2, 0.25) is 18.1 Å². The Morgan fingerprint density at radius 2 is 1.94 bits per heavy atom. The molecule has 0 saturated carbocycles. The van der Waals surface area contributed by atoms with E-state index in [-0.39, 0.29) is 30.1 Å². The molecular formula is C22H33N3O7. The molecule has 5 atom stereocenters. The Morgan fingerprint density at radius 3 is 2.56 bits per heavy atom. The third-order valence-electron chi connectivity index (χ3n) is 6.20. The summed E-state index contributed by atoms with van der Waals surface area (Å²) in [6.45, 7) is 5.84. The SMILES string of the molecule is CC1=C(C(=O)N[C@@H](CC(C)C)C(=O)N[C@@H](C[C@@H]2CCNC2=O)C(=O)CO)C2CCOC2O1. The number of ether oxygens (including phenoxy) is 2. The lowest BCUT2D eigenvalue weighted by Gasteiger charge is -2.25. The van der Waals surface area contributed by atoms with E-state index in [0.29, 0.717) is 43.7 Å². The van der Waals surface area contributed by atoms with Crippen LogP contribution in [0, 0.1) is 17.8 Å². The van der Waals surface area contributed by atoms with E-state index < -0.39 is 42.6 Å². The van der Waals surface area contributed by atoms with Crippen molar-refractivity contribution in [1.29, 1.82) is 0 Å². The largest absolute Gasteiger partial charge is 0.468 e. The van der Waals surface area contributed by atoms with Gasteiger partial charge in [-0.2, -0.15) is 0 Å². The van der Waals surface area contributed by atoms with Crippen LogP contribution < -0.4 is 16.0 Å². The molecule has 0 aromatic heterocycles. The van der Waals surface area contributed by atoms with Crippen LogP contribution in [0.15, 0.2) is 11.3 Å². The maximum Gasteiger partial charge on any atom is 0.251 e. The number of aliphatic hydroxyl groups excluding tert-OH is 1. The third-order valence-corrected chi connectivity index (χ3v) is 6.20. The summed E-state index contributed by atoms with van der Waals surface area (Å²) in [4.78, 5) is 50.3. The van der Waals surface area contributed by atoms with Crippen molar-refractivity contribution in [2.24, 2.45) is 17.8 Å². The lowest BCUT2D eigenvalue weighted by molar-refractivity contribution is -0.133. The van der Waals surface area contributed by atoms with Gasteiger partial charge < -0.3 is 30.5 Å². The molecule has 0 bridgehead atoms. The van der Waals surface area contributed by atoms with Crippen LogP contribution in [0.5, 0.6) is 0 Å². The zero-order chi connectivity index (χ0) is 23.4. The Hall–Kier alpha value is -2.46. The van der Waals surface area contributed by atoms with E-state index in [1.807, 2.05) is 13.8 Å². The van der Waals surface area contributed by atoms with Crippen molar-refractivity contribution in [3.8, 4) is 0 Å². The summed E-state index contributed by atoms with van der Waals surface area (Å²) in [5.74, 6) is -1.63. The van der Waals surface area contributed by atoms with Gasteiger partial charge in [0.15, 0.2) is 5.78 Å². The fraction of sp³-hybridized carbons (Fsp3) is 0.727. The van der Waals surface area contributed by atoms with Gasteiger partial charge in [-0.15, -0.1) is 0 Å². The highest BCUT2D eigenvalue weighted by molar-refractivity contribution is 5.99. The summed E-state index contributed by atoms with van der Waals surface area (Å²) in [6.07, 6.45) is 1.24. The van der Waals surface area contributed by atoms with Gasteiger partial charge in [0, 0.05) is 12.5 Å². The summed E-state index contributed by atoms with van der Waals surface area (Å²) in [5, 5.41) is 17.5. The Bertz CT molecular complexity index is 794. The van der Waals surface area contributed by atoms with Crippen LogP contribution in [0.4, 0.5) is 0 Å². The van der Waals surface area contributed by atoms with Crippen LogP contribution in [0.2, 0.25) is 0 Å². The third kappa shape index (κ3) is 5.47. The number of fused-ring (bicyclic) bond motifs is 1. The van der Waals surface area contributed by atoms with Gasteiger partial charge in [0.1, 0.15) is 18.4 Å². The molecule has 3 rings (SSSR count). The number of nitrogens with one attached hydrogen (secondary N) is 3. The van der Waals surface area contributed by atoms with E-state index in [9.17, 15) is 24.3 Å². The number of rotatable bonds is 10. The van der Waals surface area contributed by atoms with E-state index in [4.69, 9.17) is 9.47 Å². The zero-order valence-corrected chi connectivity index (χ0v) is 18.8. The summed E-state index contributed by atoms with van der Waals surface area (Å²) in [6, 6.07) is -1.88. The van der Waals surface area contributed by atoms with E-state index in [0.717, 1.165) is 0 Å². The number of ketones is 1. The van der Waals surface area contributed by atoms with Gasteiger partial charge in [-0.3, -0.25) is 19.2 Å². The first-order valence-electron chi connectivity index (χ1n) is 11.2. The average Bonchev–Trinajstić information content (AvgIpc) is 3.42. The minimum absolute atomic E-state index is 0.0936. The van der Waals surface area contributed by atoms with Crippen molar-refractivity contribution in [2.75, 3.05) is 19.8 Å². The van der Waals surface area contributed by atoms with Gasteiger partial charge in [-0.05, 0) is 38.5 Å². The average molecular weight is 452 g/mol.